The second-order valence-electron chi connectivity index (χ2n) is 12.3. The topological polar surface area (TPSA) is 86.8 Å². The van der Waals surface area contributed by atoms with Crippen molar-refractivity contribution in [3.05, 3.63) is 128 Å². The summed E-state index contributed by atoms with van der Waals surface area (Å²) in [6.45, 7) is 1.11. The number of hydrogen-bond acceptors (Lipinski definition) is 4. The number of nitrogens with one attached hydrogen (secondary N) is 1. The third-order valence-electron chi connectivity index (χ3n) is 8.60. The number of amides is 2. The molecule has 7 nitrogen and oxygen atoms in total. The first kappa shape index (κ1) is 37.0. The normalized spacial score (nSPS) is 14.2. The molecule has 4 aromatic rings. The van der Waals surface area contributed by atoms with Gasteiger partial charge in [0.1, 0.15) is 12.6 Å². The quantitative estimate of drug-likeness (QED) is 0.156. The summed E-state index contributed by atoms with van der Waals surface area (Å²) in [5.74, 6) is -0.953. The Morgan fingerprint density at radius 3 is 2.10 bits per heavy atom. The molecule has 1 unspecified atom stereocenters. The maximum absolute atomic E-state index is 14.7. The fourth-order valence-electron chi connectivity index (χ4n) is 5.98. The van der Waals surface area contributed by atoms with Crippen LogP contribution in [0.15, 0.2) is 95.9 Å². The number of aryl methyl sites for hydroxylation is 1. The number of sulfonamides is 1. The Morgan fingerprint density at radius 1 is 0.816 bits per heavy atom. The van der Waals surface area contributed by atoms with Gasteiger partial charge in [-0.2, -0.15) is 0 Å². The lowest BCUT2D eigenvalue weighted by Gasteiger charge is -2.35. The zero-order chi connectivity index (χ0) is 35.1. The van der Waals surface area contributed by atoms with Gasteiger partial charge in [0.05, 0.1) is 10.6 Å². The third kappa shape index (κ3) is 9.71. The van der Waals surface area contributed by atoms with E-state index >= 15 is 0 Å². The molecule has 0 saturated heterocycles. The van der Waals surface area contributed by atoms with Gasteiger partial charge in [-0.15, -0.1) is 0 Å². The van der Waals surface area contributed by atoms with Gasteiger partial charge in [0.2, 0.25) is 11.8 Å². The maximum atomic E-state index is 14.7. The molecule has 12 heteroatoms. The molecule has 0 spiro atoms. The Hall–Kier alpha value is -3.27. The van der Waals surface area contributed by atoms with Gasteiger partial charge in [-0.05, 0) is 73.4 Å². The van der Waals surface area contributed by atoms with Crippen LogP contribution in [0.2, 0.25) is 20.1 Å². The van der Waals surface area contributed by atoms with Crippen molar-refractivity contribution < 1.29 is 18.0 Å². The predicted octanol–water partition coefficient (Wildman–Crippen LogP) is 8.89. The number of rotatable bonds is 12. The van der Waals surface area contributed by atoms with E-state index in [1.807, 2.05) is 37.3 Å². The van der Waals surface area contributed by atoms with Gasteiger partial charge in [0, 0.05) is 39.1 Å². The largest absolute Gasteiger partial charge is 0.352 e. The van der Waals surface area contributed by atoms with Crippen molar-refractivity contribution in [3.8, 4) is 0 Å². The average Bonchev–Trinajstić information content (AvgIpc) is 3.06. The minimum atomic E-state index is -4.32. The van der Waals surface area contributed by atoms with Gasteiger partial charge >= 0.3 is 0 Å². The highest BCUT2D eigenvalue weighted by Crippen LogP contribution is 2.31. The molecule has 0 aromatic heterocycles. The molecule has 0 heterocycles. The molecule has 1 aliphatic rings. The molecule has 1 saturated carbocycles. The van der Waals surface area contributed by atoms with Crippen LogP contribution in [0.4, 0.5) is 5.69 Å². The lowest BCUT2D eigenvalue weighted by atomic mass is 9.94. The van der Waals surface area contributed by atoms with E-state index in [0.717, 1.165) is 47.5 Å². The summed E-state index contributed by atoms with van der Waals surface area (Å²) in [5, 5.41) is 4.30. The number of carbonyl (C=O) groups excluding carboxylic acids is 2. The number of anilines is 1. The molecule has 4 aromatic carbocycles. The Bertz CT molecular complexity index is 1870. The molecule has 1 aliphatic carbocycles. The zero-order valence-corrected chi connectivity index (χ0v) is 30.8. The molecule has 0 aliphatic heterocycles. The second-order valence-corrected chi connectivity index (χ2v) is 15.8. The Balaban J connectivity index is 1.60. The Labute approximate surface area is 308 Å². The van der Waals surface area contributed by atoms with Gasteiger partial charge in [-0.1, -0.05) is 120 Å². The van der Waals surface area contributed by atoms with Crippen molar-refractivity contribution in [2.24, 2.45) is 0 Å². The summed E-state index contributed by atoms with van der Waals surface area (Å²) in [6, 6.07) is 23.9. The number of hydrogen-bond donors (Lipinski definition) is 1. The van der Waals surface area contributed by atoms with E-state index < -0.39 is 28.5 Å². The lowest BCUT2D eigenvalue weighted by Crippen LogP contribution is -2.55. The third-order valence-corrected chi connectivity index (χ3v) is 11.4. The number of halogens is 4. The van der Waals surface area contributed by atoms with E-state index in [0.29, 0.717) is 15.6 Å². The van der Waals surface area contributed by atoms with Crippen molar-refractivity contribution in [3.63, 3.8) is 0 Å². The van der Waals surface area contributed by atoms with Crippen molar-refractivity contribution in [1.82, 2.24) is 10.2 Å². The highest BCUT2D eigenvalue weighted by molar-refractivity contribution is 7.92. The van der Waals surface area contributed by atoms with E-state index in [1.54, 1.807) is 30.3 Å². The second kappa shape index (κ2) is 16.6. The summed E-state index contributed by atoms with van der Waals surface area (Å²) in [7, 11) is -4.32. The van der Waals surface area contributed by atoms with Crippen LogP contribution in [0.1, 0.15) is 48.8 Å². The van der Waals surface area contributed by atoms with Crippen LogP contribution in [-0.4, -0.2) is 43.8 Å². The van der Waals surface area contributed by atoms with Gasteiger partial charge in [0.15, 0.2) is 0 Å². The first-order valence-electron chi connectivity index (χ1n) is 16.0. The zero-order valence-electron chi connectivity index (χ0n) is 26.9. The fraction of sp³-hybridized carbons (Fsp3) is 0.297. The van der Waals surface area contributed by atoms with Crippen molar-refractivity contribution in [2.45, 2.75) is 69.0 Å². The molecule has 1 N–H and O–H groups in total. The molecule has 1 atom stereocenters. The minimum Gasteiger partial charge on any atom is -0.352 e. The van der Waals surface area contributed by atoms with Gasteiger partial charge < -0.3 is 10.2 Å². The molecule has 0 radical (unpaired) electrons. The molecule has 2 amide bonds. The van der Waals surface area contributed by atoms with E-state index in [-0.39, 0.29) is 45.5 Å². The molecule has 0 bridgehead atoms. The van der Waals surface area contributed by atoms with Crippen LogP contribution in [0.25, 0.3) is 0 Å². The van der Waals surface area contributed by atoms with Gasteiger partial charge in [0.25, 0.3) is 10.0 Å². The fourth-order valence-corrected chi connectivity index (χ4v) is 8.36. The van der Waals surface area contributed by atoms with Crippen molar-refractivity contribution in [2.75, 3.05) is 10.8 Å². The number of nitrogens with zero attached hydrogens (tertiary/aromatic N) is 2. The standard InChI is InChI=1S/C37H37Cl4N3O4S/c1-25-12-16-33(17-13-25)49(47,48)44(32-20-29(39)19-30(40)21-32)24-36(45)43(23-27-14-15-28(38)22-34(27)41)35(18-26-8-4-2-5-9-26)37(46)42-31-10-6-3-7-11-31/h2,4-5,8-9,12-17,19-22,31,35H,3,6-7,10-11,18,23-24H2,1H3,(H,42,46). The Kier molecular flexibility index (Phi) is 12.6. The van der Waals surface area contributed by atoms with Gasteiger partial charge in [-0.25, -0.2) is 8.42 Å². The van der Waals surface area contributed by atoms with Gasteiger partial charge in [-0.3, -0.25) is 13.9 Å². The van der Waals surface area contributed by atoms with Crippen molar-refractivity contribution in [1.29, 1.82) is 0 Å². The summed E-state index contributed by atoms with van der Waals surface area (Å²) in [4.78, 5) is 30.4. The first-order chi connectivity index (χ1) is 23.4. The van der Waals surface area contributed by atoms with E-state index in [1.165, 1.54) is 35.2 Å². The summed E-state index contributed by atoms with van der Waals surface area (Å²) < 4.78 is 29.6. The van der Waals surface area contributed by atoms with Crippen LogP contribution in [0.5, 0.6) is 0 Å². The lowest BCUT2D eigenvalue weighted by molar-refractivity contribution is -0.140. The molecule has 258 valence electrons. The monoisotopic (exact) mass is 759 g/mol. The van der Waals surface area contributed by atoms with Crippen LogP contribution < -0.4 is 9.62 Å². The average molecular weight is 762 g/mol. The highest BCUT2D eigenvalue weighted by atomic mass is 35.5. The van der Waals surface area contributed by atoms with Crippen LogP contribution >= 0.6 is 46.4 Å². The highest BCUT2D eigenvalue weighted by Gasteiger charge is 2.36. The van der Waals surface area contributed by atoms with Crippen LogP contribution in [0.3, 0.4) is 0 Å². The molecule has 1 fully saturated rings. The Morgan fingerprint density at radius 2 is 1.47 bits per heavy atom. The first-order valence-corrected chi connectivity index (χ1v) is 19.0. The van der Waals surface area contributed by atoms with Crippen molar-refractivity contribution >= 4 is 73.9 Å². The van der Waals surface area contributed by atoms with E-state index in [9.17, 15) is 18.0 Å². The summed E-state index contributed by atoms with van der Waals surface area (Å²) in [5.41, 5.74) is 2.34. The smallest absolute Gasteiger partial charge is 0.264 e. The van der Waals surface area contributed by atoms with Crippen LogP contribution in [-0.2, 0) is 32.6 Å². The molecule has 49 heavy (non-hydrogen) atoms. The molecule has 5 rings (SSSR count). The number of benzene rings is 4. The molecular weight excluding hydrogens is 724 g/mol. The predicted molar refractivity (Wildman–Crippen MR) is 198 cm³/mol. The minimum absolute atomic E-state index is 0.0230. The van der Waals surface area contributed by atoms with E-state index in [2.05, 4.69) is 5.32 Å². The summed E-state index contributed by atoms with van der Waals surface area (Å²) in [6.07, 6.45) is 5.00. The maximum Gasteiger partial charge on any atom is 0.264 e. The van der Waals surface area contributed by atoms with E-state index in [4.69, 9.17) is 46.4 Å². The van der Waals surface area contributed by atoms with Crippen LogP contribution in [0, 0.1) is 6.92 Å². The molecular formula is C37H37Cl4N3O4S. The number of carbonyl (C=O) groups is 2. The SMILES string of the molecule is Cc1ccc(S(=O)(=O)N(CC(=O)N(Cc2ccc(Cl)cc2Cl)C(Cc2ccccc2)C(=O)NC2CCCCC2)c2cc(Cl)cc(Cl)c2)cc1. The summed E-state index contributed by atoms with van der Waals surface area (Å²) >= 11 is 25.5.